The van der Waals surface area contributed by atoms with Crippen LogP contribution in [-0.4, -0.2) is 137 Å². The summed E-state index contributed by atoms with van der Waals surface area (Å²) in [6.45, 7) is 0. The molecule has 2 heterocycles. The molecule has 0 aliphatic heterocycles. The third-order valence-electron chi connectivity index (χ3n) is 10.8. The maximum Gasteiger partial charge on any atom is 0.295 e. The molecule has 0 amide bonds. The first-order valence-electron chi connectivity index (χ1n) is 19.7. The minimum Gasteiger partial charge on any atom is -0.282 e. The molecule has 0 unspecified atom stereocenters. The summed E-state index contributed by atoms with van der Waals surface area (Å²) in [5.41, 5.74) is 0.936. The number of benzene rings is 7. The first kappa shape index (κ1) is 53.1. The zero-order valence-electron chi connectivity index (χ0n) is 36.4. The predicted molar refractivity (Wildman–Crippen MR) is 262 cm³/mol. The van der Waals surface area contributed by atoms with E-state index in [-0.39, 0.29) is 95.7 Å². The van der Waals surface area contributed by atoms with E-state index < -0.39 is 90.1 Å². The fraction of sp³-hybridized carbons (Fsp3) is 0. The van der Waals surface area contributed by atoms with Gasteiger partial charge in [-0.3, -0.25) is 27.3 Å². The number of fused-ring (bicyclic) bond motifs is 6. The molecule has 73 heavy (non-hydrogen) atoms. The van der Waals surface area contributed by atoms with Gasteiger partial charge >= 0.3 is 0 Å². The average Bonchev–Trinajstić information content (AvgIpc) is 3.94. The summed E-state index contributed by atoms with van der Waals surface area (Å²) in [5, 5.41) is 16.4. The number of hydrogen-bond donors (Lipinski definition) is 6. The summed E-state index contributed by atoms with van der Waals surface area (Å²) >= 11 is 0. The van der Waals surface area contributed by atoms with E-state index >= 15 is 0 Å². The largest absolute Gasteiger partial charge is 0.295 e. The summed E-state index contributed by atoms with van der Waals surface area (Å²) in [7, 11) is -29.8. The van der Waals surface area contributed by atoms with E-state index in [1.54, 1.807) is 24.3 Å². The van der Waals surface area contributed by atoms with Crippen molar-refractivity contribution in [1.82, 2.24) is 30.0 Å². The number of nitrogens with zero attached hydrogens (tertiary/aromatic N) is 6. The summed E-state index contributed by atoms with van der Waals surface area (Å²) in [5.74, 6) is 0. The van der Waals surface area contributed by atoms with Crippen LogP contribution in [0.3, 0.4) is 0 Å². The first-order valence-corrected chi connectivity index (χ1v) is 28.4. The van der Waals surface area contributed by atoms with Crippen molar-refractivity contribution in [2.24, 2.45) is 0 Å². The summed E-state index contributed by atoms with van der Waals surface area (Å²) < 4.78 is 206. The van der Waals surface area contributed by atoms with Gasteiger partial charge in [0.05, 0.1) is 21.2 Å². The van der Waals surface area contributed by atoms with Crippen LogP contribution in [0, 0.1) is 0 Å². The van der Waals surface area contributed by atoms with Crippen molar-refractivity contribution in [3.63, 3.8) is 0 Å². The molecule has 1 radical (unpaired) electrons. The monoisotopic (exact) mass is 1120 g/mol. The Morgan fingerprint density at radius 2 is 0.685 bits per heavy atom. The molecule has 0 aliphatic rings. The van der Waals surface area contributed by atoms with Gasteiger partial charge in [0.2, 0.25) is 0 Å². The topological polar surface area (TPSA) is 388 Å². The van der Waals surface area contributed by atoms with Gasteiger partial charge in [-0.1, -0.05) is 72.8 Å². The second kappa shape index (κ2) is 18.6. The molecule has 0 saturated heterocycles. The van der Waals surface area contributed by atoms with Crippen LogP contribution < -0.4 is 0 Å². The van der Waals surface area contributed by atoms with Gasteiger partial charge in [0.25, 0.3) is 60.7 Å². The smallest absolute Gasteiger partial charge is 0.282 e. The molecule has 371 valence electrons. The minimum atomic E-state index is -5.02. The third-order valence-corrected chi connectivity index (χ3v) is 16.1. The van der Waals surface area contributed by atoms with Gasteiger partial charge in [0.15, 0.2) is 0 Å². The Hall–Kier alpha value is -6.20. The van der Waals surface area contributed by atoms with Gasteiger partial charge in [-0.15, -0.1) is 20.4 Å². The Labute approximate surface area is 434 Å². The molecule has 0 aliphatic carbocycles. The molecule has 0 saturated carbocycles. The van der Waals surface area contributed by atoms with Crippen molar-refractivity contribution in [2.45, 2.75) is 29.4 Å². The standard InChI is InChI=1S/C42H28N6O18S6.Na/c49-67(50,51)29-19-33-31(39(21-29)71(61,62)63)13-15-35-41(33)45-47(43-35)27-11-9-25(37(17-27)69(55,56)57)7-5-23-1-2-24(4-3-23)6-8-26-10-12-28(18-38(26)70(58,59)60)48-44-36-16-14-32-34(42(36)46-48)20-30(68(52,53)54)22-40(32)72(64,65)66;/h1-22H,(H,49,50,51)(H,52,53,54)(H,55,56,57)(H,58,59,60)(H,61,62,63)(H,64,65,66);. The molecule has 9 rings (SSSR count). The van der Waals surface area contributed by atoms with Crippen molar-refractivity contribution in [2.75, 3.05) is 0 Å². The predicted octanol–water partition coefficient (Wildman–Crippen LogP) is 4.90. The molecule has 9 aromatic rings. The Kier molecular flexibility index (Phi) is 13.5. The maximum absolute atomic E-state index is 12.6. The zero-order valence-corrected chi connectivity index (χ0v) is 43.3. The SMILES string of the molecule is O=S(=O)(O)c1cc(S(=O)(=O)O)c2ccc3nn(-c4ccc(C=Cc5ccc(C=Cc6ccc(-n7nc8ccc9c(S(=O)(=O)O)cc(S(=O)(=O)O)cc9c8n7)cc6S(=O)(=O)O)cc5)c(S(=O)(=O)O)c4)nc3c2c1.[Na]. The molecule has 0 fully saturated rings. The van der Waals surface area contributed by atoms with Crippen molar-refractivity contribution in [3.8, 4) is 11.4 Å². The fourth-order valence-electron chi connectivity index (χ4n) is 7.57. The normalized spacial score (nSPS) is 13.2. The molecule has 0 atom stereocenters. The Morgan fingerprint density at radius 3 is 1.00 bits per heavy atom. The van der Waals surface area contributed by atoms with E-state index in [2.05, 4.69) is 20.4 Å². The molecule has 2 aromatic heterocycles. The third kappa shape index (κ3) is 10.8. The Bertz CT molecular complexity index is 4330. The molecular weight excluding hydrogens is 1090 g/mol. The molecule has 31 heteroatoms. The first-order chi connectivity index (χ1) is 33.4. The van der Waals surface area contributed by atoms with Crippen LogP contribution in [0.4, 0.5) is 0 Å². The van der Waals surface area contributed by atoms with E-state index in [0.29, 0.717) is 23.3 Å². The molecule has 0 bridgehead atoms. The minimum absolute atomic E-state index is 0. The van der Waals surface area contributed by atoms with E-state index in [4.69, 9.17) is 0 Å². The zero-order chi connectivity index (χ0) is 52.1. The van der Waals surface area contributed by atoms with E-state index in [1.165, 1.54) is 72.8 Å². The second-order valence-electron chi connectivity index (χ2n) is 15.5. The van der Waals surface area contributed by atoms with Crippen molar-refractivity contribution in [3.05, 3.63) is 131 Å². The van der Waals surface area contributed by atoms with Crippen molar-refractivity contribution in [1.29, 1.82) is 0 Å². The van der Waals surface area contributed by atoms with Gasteiger partial charge in [-0.25, -0.2) is 0 Å². The summed E-state index contributed by atoms with van der Waals surface area (Å²) in [6, 6.07) is 21.9. The van der Waals surface area contributed by atoms with Gasteiger partial charge < -0.3 is 0 Å². The average molecular weight is 1120 g/mol. The number of rotatable bonds is 12. The Balaban J connectivity index is 0.00000711. The van der Waals surface area contributed by atoms with E-state index in [9.17, 15) is 77.8 Å². The van der Waals surface area contributed by atoms with Crippen LogP contribution in [0.25, 0.3) is 79.3 Å². The van der Waals surface area contributed by atoms with Crippen molar-refractivity contribution >= 4 is 158 Å². The van der Waals surface area contributed by atoms with Crippen LogP contribution in [0.1, 0.15) is 22.3 Å². The van der Waals surface area contributed by atoms with Crippen LogP contribution in [0.5, 0.6) is 0 Å². The molecule has 7 aromatic carbocycles. The second-order valence-corrected chi connectivity index (χ2v) is 23.9. The molecule has 24 nitrogen and oxygen atoms in total. The fourth-order valence-corrected chi connectivity index (χ4v) is 11.7. The molecule has 6 N–H and O–H groups in total. The van der Waals surface area contributed by atoms with Gasteiger partial charge in [-0.05, 0) is 82.9 Å². The van der Waals surface area contributed by atoms with Crippen LogP contribution in [0.2, 0.25) is 0 Å². The molecular formula is C42H28N6NaO18S6. The number of hydrogen-bond acceptors (Lipinski definition) is 16. The quantitative estimate of drug-likeness (QED) is 0.0538. The maximum atomic E-state index is 12.6. The van der Waals surface area contributed by atoms with Crippen molar-refractivity contribution < 1.29 is 77.8 Å². The Morgan fingerprint density at radius 1 is 0.342 bits per heavy atom. The van der Waals surface area contributed by atoms with Crippen LogP contribution in [0.15, 0.2) is 139 Å². The molecule has 0 spiro atoms. The summed E-state index contributed by atoms with van der Waals surface area (Å²) in [4.78, 5) is -2.73. The van der Waals surface area contributed by atoms with E-state index in [1.807, 2.05) is 0 Å². The summed E-state index contributed by atoms with van der Waals surface area (Å²) in [6.07, 6.45) is 5.77. The van der Waals surface area contributed by atoms with Gasteiger partial charge in [0.1, 0.15) is 41.6 Å². The van der Waals surface area contributed by atoms with Gasteiger partial charge in [-0.2, -0.15) is 60.1 Å². The van der Waals surface area contributed by atoms with Crippen LogP contribution in [-0.2, 0) is 60.7 Å². The number of aromatic nitrogens is 6. The van der Waals surface area contributed by atoms with Gasteiger partial charge in [0, 0.05) is 51.1 Å². The van der Waals surface area contributed by atoms with E-state index in [0.717, 1.165) is 33.9 Å². The van der Waals surface area contributed by atoms with Crippen LogP contribution >= 0.6 is 0 Å².